The molecule has 2 rings (SSSR count). The lowest BCUT2D eigenvalue weighted by atomic mass is 10.3. The molecule has 94 valence electrons. The van der Waals surface area contributed by atoms with Crippen LogP contribution in [0, 0.1) is 5.92 Å². The molecule has 1 saturated carbocycles. The molecule has 0 unspecified atom stereocenters. The van der Waals surface area contributed by atoms with E-state index in [9.17, 15) is 0 Å². The second-order valence-corrected chi connectivity index (χ2v) is 5.26. The summed E-state index contributed by atoms with van der Waals surface area (Å²) in [6, 6.07) is 0. The molecule has 0 atom stereocenters. The molecule has 0 radical (unpaired) electrons. The first kappa shape index (κ1) is 12.6. The van der Waals surface area contributed by atoms with Gasteiger partial charge < -0.3 is 10.6 Å². The third-order valence-electron chi connectivity index (χ3n) is 2.87. The first-order chi connectivity index (χ1) is 8.31. The van der Waals surface area contributed by atoms with Gasteiger partial charge in [-0.25, -0.2) is 9.97 Å². The molecular weight excluding hydrogens is 280 g/mol. The molecule has 5 heteroatoms. The summed E-state index contributed by atoms with van der Waals surface area (Å²) < 4.78 is 0.934. The van der Waals surface area contributed by atoms with E-state index in [-0.39, 0.29) is 0 Å². The van der Waals surface area contributed by atoms with E-state index in [2.05, 4.69) is 43.5 Å². The predicted molar refractivity (Wildman–Crippen MR) is 74.3 cm³/mol. The molecule has 1 heterocycles. The smallest absolute Gasteiger partial charge is 0.145 e. The van der Waals surface area contributed by atoms with Gasteiger partial charge in [-0.1, -0.05) is 19.8 Å². The van der Waals surface area contributed by atoms with E-state index in [4.69, 9.17) is 0 Å². The number of halogens is 1. The van der Waals surface area contributed by atoms with E-state index in [1.165, 1.54) is 19.3 Å². The number of rotatable bonds is 7. The lowest BCUT2D eigenvalue weighted by Gasteiger charge is -2.10. The average Bonchev–Trinajstić information content (AvgIpc) is 3.14. The van der Waals surface area contributed by atoms with Gasteiger partial charge in [0.25, 0.3) is 0 Å². The maximum Gasteiger partial charge on any atom is 0.145 e. The Morgan fingerprint density at radius 3 is 2.47 bits per heavy atom. The van der Waals surface area contributed by atoms with Crippen LogP contribution in [0.3, 0.4) is 0 Å². The average molecular weight is 299 g/mol. The first-order valence-corrected chi connectivity index (χ1v) is 7.08. The van der Waals surface area contributed by atoms with E-state index >= 15 is 0 Å². The van der Waals surface area contributed by atoms with Crippen LogP contribution in [0.2, 0.25) is 0 Å². The molecule has 1 aliphatic rings. The van der Waals surface area contributed by atoms with Crippen LogP contribution in [0.5, 0.6) is 0 Å². The van der Waals surface area contributed by atoms with Gasteiger partial charge in [-0.05, 0) is 34.7 Å². The van der Waals surface area contributed by atoms with Gasteiger partial charge in [0.15, 0.2) is 0 Å². The quantitative estimate of drug-likeness (QED) is 0.811. The van der Waals surface area contributed by atoms with Crippen molar-refractivity contribution in [1.29, 1.82) is 0 Å². The highest BCUT2D eigenvalue weighted by atomic mass is 79.9. The van der Waals surface area contributed by atoms with E-state index in [1.54, 1.807) is 6.33 Å². The number of aromatic nitrogens is 2. The summed E-state index contributed by atoms with van der Waals surface area (Å²) in [4.78, 5) is 8.48. The Morgan fingerprint density at radius 1 is 1.24 bits per heavy atom. The molecular formula is C12H19BrN4. The van der Waals surface area contributed by atoms with E-state index < -0.39 is 0 Å². The lowest BCUT2D eigenvalue weighted by Crippen LogP contribution is -2.08. The topological polar surface area (TPSA) is 49.8 Å². The zero-order valence-electron chi connectivity index (χ0n) is 10.2. The molecule has 2 N–H and O–H groups in total. The molecule has 1 fully saturated rings. The third-order valence-corrected chi connectivity index (χ3v) is 3.63. The van der Waals surface area contributed by atoms with Gasteiger partial charge >= 0.3 is 0 Å². The fourth-order valence-corrected chi connectivity index (χ4v) is 2.15. The molecule has 1 aromatic rings. The number of nitrogens with one attached hydrogen (secondary N) is 2. The van der Waals surface area contributed by atoms with Crippen molar-refractivity contribution in [2.24, 2.45) is 5.92 Å². The Morgan fingerprint density at radius 2 is 1.88 bits per heavy atom. The van der Waals surface area contributed by atoms with E-state index in [0.717, 1.165) is 41.5 Å². The fraction of sp³-hybridized carbons (Fsp3) is 0.667. The predicted octanol–water partition coefficient (Wildman–Crippen LogP) is 3.27. The summed E-state index contributed by atoms with van der Waals surface area (Å²) in [5, 5.41) is 6.64. The van der Waals surface area contributed by atoms with Crippen molar-refractivity contribution in [3.63, 3.8) is 0 Å². The molecule has 0 bridgehead atoms. The molecule has 0 aliphatic heterocycles. The van der Waals surface area contributed by atoms with Crippen LogP contribution in [-0.2, 0) is 0 Å². The molecule has 4 nitrogen and oxygen atoms in total. The molecule has 0 saturated heterocycles. The summed E-state index contributed by atoms with van der Waals surface area (Å²) >= 11 is 3.54. The largest absolute Gasteiger partial charge is 0.369 e. The van der Waals surface area contributed by atoms with Gasteiger partial charge in [-0.2, -0.15) is 0 Å². The zero-order chi connectivity index (χ0) is 12.1. The second kappa shape index (κ2) is 6.19. The fourth-order valence-electron chi connectivity index (χ4n) is 1.66. The lowest BCUT2D eigenvalue weighted by molar-refractivity contribution is 0.757. The molecule has 17 heavy (non-hydrogen) atoms. The van der Waals surface area contributed by atoms with Gasteiger partial charge in [0.2, 0.25) is 0 Å². The standard InChI is InChI=1S/C12H19BrN4/c1-2-6-14-11-10(13)12(17-8-16-11)15-7-5-9-3-4-9/h8-9H,2-7H2,1H3,(H2,14,15,16,17). The molecule has 1 aliphatic carbocycles. The van der Waals surface area contributed by atoms with Crippen molar-refractivity contribution >= 4 is 27.6 Å². The van der Waals surface area contributed by atoms with Crippen molar-refractivity contribution in [3.05, 3.63) is 10.8 Å². The Bertz CT molecular complexity index is 366. The van der Waals surface area contributed by atoms with Crippen LogP contribution in [-0.4, -0.2) is 23.1 Å². The summed E-state index contributed by atoms with van der Waals surface area (Å²) in [5.74, 6) is 2.70. The maximum absolute atomic E-state index is 4.26. The summed E-state index contributed by atoms with van der Waals surface area (Å²) in [5.41, 5.74) is 0. The van der Waals surface area contributed by atoms with Crippen LogP contribution in [0.15, 0.2) is 10.8 Å². The zero-order valence-corrected chi connectivity index (χ0v) is 11.8. The monoisotopic (exact) mass is 298 g/mol. The number of anilines is 2. The van der Waals surface area contributed by atoms with Gasteiger partial charge in [-0.3, -0.25) is 0 Å². The number of nitrogens with zero attached hydrogens (tertiary/aromatic N) is 2. The highest BCUT2D eigenvalue weighted by Crippen LogP contribution is 2.32. The number of hydrogen-bond acceptors (Lipinski definition) is 4. The van der Waals surface area contributed by atoms with E-state index in [1.807, 2.05) is 0 Å². The minimum Gasteiger partial charge on any atom is -0.369 e. The molecule has 1 aromatic heterocycles. The number of hydrogen-bond donors (Lipinski definition) is 2. The minimum absolute atomic E-state index is 0.871. The Balaban J connectivity index is 1.90. The Kier molecular flexibility index (Phi) is 4.59. The summed E-state index contributed by atoms with van der Waals surface area (Å²) in [6.45, 7) is 4.06. The van der Waals surface area contributed by atoms with Crippen molar-refractivity contribution < 1.29 is 0 Å². The van der Waals surface area contributed by atoms with Crippen molar-refractivity contribution in [3.8, 4) is 0 Å². The molecule has 0 spiro atoms. The van der Waals surface area contributed by atoms with Gasteiger partial charge in [0.05, 0.1) is 0 Å². The van der Waals surface area contributed by atoms with Crippen molar-refractivity contribution in [2.45, 2.75) is 32.6 Å². The molecule has 0 amide bonds. The highest BCUT2D eigenvalue weighted by molar-refractivity contribution is 9.10. The normalized spacial score (nSPS) is 14.7. The Labute approximate surface area is 111 Å². The second-order valence-electron chi connectivity index (χ2n) is 4.47. The Hall–Kier alpha value is -0.840. The van der Waals surface area contributed by atoms with E-state index in [0.29, 0.717) is 0 Å². The van der Waals surface area contributed by atoms with Gasteiger partial charge in [0.1, 0.15) is 22.4 Å². The van der Waals surface area contributed by atoms with Crippen LogP contribution in [0.25, 0.3) is 0 Å². The minimum atomic E-state index is 0.871. The van der Waals surface area contributed by atoms with Crippen LogP contribution in [0.1, 0.15) is 32.6 Å². The van der Waals surface area contributed by atoms with Crippen molar-refractivity contribution in [1.82, 2.24) is 9.97 Å². The maximum atomic E-state index is 4.26. The molecule has 0 aromatic carbocycles. The van der Waals surface area contributed by atoms with Gasteiger partial charge in [-0.15, -0.1) is 0 Å². The SMILES string of the molecule is CCCNc1ncnc(NCCC2CC2)c1Br. The highest BCUT2D eigenvalue weighted by Gasteiger charge is 2.20. The van der Waals surface area contributed by atoms with Crippen LogP contribution < -0.4 is 10.6 Å². The van der Waals surface area contributed by atoms with Gasteiger partial charge in [0, 0.05) is 13.1 Å². The summed E-state index contributed by atoms with van der Waals surface area (Å²) in [7, 11) is 0. The third kappa shape index (κ3) is 3.84. The van der Waals surface area contributed by atoms with Crippen molar-refractivity contribution in [2.75, 3.05) is 23.7 Å². The van der Waals surface area contributed by atoms with Crippen LogP contribution >= 0.6 is 15.9 Å². The first-order valence-electron chi connectivity index (χ1n) is 6.29. The summed E-state index contributed by atoms with van der Waals surface area (Å²) in [6.07, 6.45) is 6.73. The van der Waals surface area contributed by atoms with Crippen LogP contribution in [0.4, 0.5) is 11.6 Å².